The van der Waals surface area contributed by atoms with Crippen LogP contribution < -0.4 is 9.75 Å². The first kappa shape index (κ1) is 21.7. The van der Waals surface area contributed by atoms with Gasteiger partial charge in [0, 0.05) is 6.42 Å². The van der Waals surface area contributed by atoms with Crippen molar-refractivity contribution in [3.63, 3.8) is 0 Å². The summed E-state index contributed by atoms with van der Waals surface area (Å²) in [6, 6.07) is 12.1. The number of hydrogen-bond donors (Lipinski definition) is 0. The Bertz CT molecular complexity index is 1030. The SMILES string of the molecule is COC(=O)c1cc(OC(=O)C2=NN(c3ccccc3)C(C(C)=O)C2)cc(C(=O)OC)c1. The third kappa shape index (κ3) is 4.77. The molecule has 1 heterocycles. The van der Waals surface area contributed by atoms with Crippen molar-refractivity contribution in [1.82, 2.24) is 0 Å². The van der Waals surface area contributed by atoms with Crippen LogP contribution in [0.1, 0.15) is 34.1 Å². The van der Waals surface area contributed by atoms with E-state index < -0.39 is 23.9 Å². The van der Waals surface area contributed by atoms with E-state index in [1.807, 2.05) is 6.07 Å². The maximum absolute atomic E-state index is 12.7. The fourth-order valence-electron chi connectivity index (χ4n) is 3.06. The van der Waals surface area contributed by atoms with Crippen LogP contribution in [0.15, 0.2) is 53.6 Å². The van der Waals surface area contributed by atoms with E-state index >= 15 is 0 Å². The first-order valence-electron chi connectivity index (χ1n) is 9.30. The average molecular weight is 424 g/mol. The minimum Gasteiger partial charge on any atom is -0.465 e. The van der Waals surface area contributed by atoms with Crippen molar-refractivity contribution < 1.29 is 33.4 Å². The van der Waals surface area contributed by atoms with Crippen LogP contribution in [0.2, 0.25) is 0 Å². The fraction of sp³-hybridized carbons (Fsp3) is 0.227. The number of Topliss-reactive ketones (excluding diaryl/α,β-unsaturated/α-hetero) is 1. The van der Waals surface area contributed by atoms with Crippen molar-refractivity contribution in [2.24, 2.45) is 5.10 Å². The molecule has 0 bridgehead atoms. The normalized spacial score (nSPS) is 15.1. The number of benzene rings is 2. The number of methoxy groups -OCH3 is 2. The maximum Gasteiger partial charge on any atom is 0.359 e. The van der Waals surface area contributed by atoms with Crippen molar-refractivity contribution in [2.75, 3.05) is 19.2 Å². The molecule has 0 aromatic heterocycles. The monoisotopic (exact) mass is 424 g/mol. The second-order valence-corrected chi connectivity index (χ2v) is 6.68. The summed E-state index contributed by atoms with van der Waals surface area (Å²) in [7, 11) is 2.37. The Morgan fingerprint density at radius 2 is 1.48 bits per heavy atom. The van der Waals surface area contributed by atoms with E-state index in [0.29, 0.717) is 5.69 Å². The molecule has 1 aliphatic heterocycles. The molecule has 1 aliphatic rings. The minimum absolute atomic E-state index is 0.00841. The lowest BCUT2D eigenvalue weighted by molar-refractivity contribution is -0.127. The van der Waals surface area contributed by atoms with Crippen molar-refractivity contribution in [3.05, 3.63) is 59.7 Å². The molecule has 2 aromatic carbocycles. The first-order chi connectivity index (χ1) is 14.8. The van der Waals surface area contributed by atoms with E-state index in [0.717, 1.165) is 0 Å². The molecule has 0 N–H and O–H groups in total. The van der Waals surface area contributed by atoms with Crippen molar-refractivity contribution in [1.29, 1.82) is 0 Å². The van der Waals surface area contributed by atoms with Crippen LogP contribution >= 0.6 is 0 Å². The number of hydrogen-bond acceptors (Lipinski definition) is 9. The Hall–Kier alpha value is -4.01. The summed E-state index contributed by atoms with van der Waals surface area (Å²) >= 11 is 0. The quantitative estimate of drug-likeness (QED) is 0.513. The van der Waals surface area contributed by atoms with Crippen molar-refractivity contribution in [2.45, 2.75) is 19.4 Å². The Morgan fingerprint density at radius 3 is 2.00 bits per heavy atom. The molecule has 1 unspecified atom stereocenters. The Morgan fingerprint density at radius 1 is 0.903 bits per heavy atom. The Kier molecular flexibility index (Phi) is 6.44. The zero-order valence-corrected chi connectivity index (χ0v) is 17.2. The average Bonchev–Trinajstić information content (AvgIpc) is 3.24. The van der Waals surface area contributed by atoms with Gasteiger partial charge >= 0.3 is 17.9 Å². The molecule has 9 nitrogen and oxygen atoms in total. The second-order valence-electron chi connectivity index (χ2n) is 6.68. The lowest BCUT2D eigenvalue weighted by Crippen LogP contribution is -2.33. The highest BCUT2D eigenvalue weighted by Gasteiger charge is 2.35. The topological polar surface area (TPSA) is 112 Å². The number of ketones is 1. The van der Waals surface area contributed by atoms with Gasteiger partial charge in [0.25, 0.3) is 0 Å². The summed E-state index contributed by atoms with van der Waals surface area (Å²) < 4.78 is 14.7. The largest absolute Gasteiger partial charge is 0.465 e. The van der Waals surface area contributed by atoms with Gasteiger partial charge in [-0.1, -0.05) is 18.2 Å². The number of carbonyl (C=O) groups excluding carboxylic acids is 4. The number of esters is 3. The van der Waals surface area contributed by atoms with Gasteiger partial charge in [0.05, 0.1) is 31.0 Å². The van der Waals surface area contributed by atoms with Gasteiger partial charge in [-0.15, -0.1) is 0 Å². The number of hydrazone groups is 1. The minimum atomic E-state index is -0.803. The molecule has 3 rings (SSSR count). The predicted molar refractivity (Wildman–Crippen MR) is 110 cm³/mol. The lowest BCUT2D eigenvalue weighted by Gasteiger charge is -2.20. The van der Waals surface area contributed by atoms with Crippen LogP contribution in [0.25, 0.3) is 0 Å². The van der Waals surface area contributed by atoms with Gasteiger partial charge in [-0.2, -0.15) is 5.10 Å². The van der Waals surface area contributed by atoms with Gasteiger partial charge < -0.3 is 14.2 Å². The molecule has 0 aliphatic carbocycles. The number of rotatable bonds is 6. The number of para-hydroxylation sites is 1. The maximum atomic E-state index is 12.7. The van der Waals surface area contributed by atoms with Gasteiger partial charge in [-0.25, -0.2) is 14.4 Å². The molecule has 9 heteroatoms. The smallest absolute Gasteiger partial charge is 0.359 e. The van der Waals surface area contributed by atoms with E-state index in [1.165, 1.54) is 44.4 Å². The third-order valence-electron chi connectivity index (χ3n) is 4.60. The highest BCUT2D eigenvalue weighted by molar-refractivity contribution is 6.38. The fourth-order valence-corrected chi connectivity index (χ4v) is 3.06. The van der Waals surface area contributed by atoms with Gasteiger partial charge in [0.15, 0.2) is 5.78 Å². The third-order valence-corrected chi connectivity index (χ3v) is 4.60. The molecular weight excluding hydrogens is 404 g/mol. The highest BCUT2D eigenvalue weighted by atomic mass is 16.5. The highest BCUT2D eigenvalue weighted by Crippen LogP contribution is 2.26. The molecule has 0 amide bonds. The van der Waals surface area contributed by atoms with E-state index in [-0.39, 0.29) is 34.8 Å². The number of anilines is 1. The van der Waals surface area contributed by atoms with E-state index in [1.54, 1.807) is 24.3 Å². The molecule has 0 saturated carbocycles. The number of ether oxygens (including phenoxy) is 3. The Labute approximate surface area is 178 Å². The predicted octanol–water partition coefficient (Wildman–Crippen LogP) is 2.39. The van der Waals surface area contributed by atoms with Gasteiger partial charge in [-0.3, -0.25) is 9.80 Å². The Balaban J connectivity index is 1.89. The molecule has 0 fully saturated rings. The zero-order chi connectivity index (χ0) is 22.5. The molecule has 0 saturated heterocycles. The van der Waals surface area contributed by atoms with Crippen LogP contribution in [0.3, 0.4) is 0 Å². The first-order valence-corrected chi connectivity index (χ1v) is 9.30. The molecule has 0 radical (unpaired) electrons. The number of nitrogens with zero attached hydrogens (tertiary/aromatic N) is 2. The van der Waals surface area contributed by atoms with Crippen molar-refractivity contribution in [3.8, 4) is 5.75 Å². The van der Waals surface area contributed by atoms with Crippen LogP contribution in [0, 0.1) is 0 Å². The van der Waals surface area contributed by atoms with E-state index in [4.69, 9.17) is 4.74 Å². The molecule has 0 spiro atoms. The summed E-state index contributed by atoms with van der Waals surface area (Å²) in [4.78, 5) is 48.6. The molecule has 160 valence electrons. The number of carbonyl (C=O) groups is 4. The van der Waals surface area contributed by atoms with Gasteiger partial charge in [0.2, 0.25) is 0 Å². The lowest BCUT2D eigenvalue weighted by atomic mass is 10.1. The summed E-state index contributed by atoms with van der Waals surface area (Å²) in [5.74, 6) is -2.45. The summed E-state index contributed by atoms with van der Waals surface area (Å²) in [5.41, 5.74) is 0.710. The van der Waals surface area contributed by atoms with Gasteiger partial charge in [-0.05, 0) is 37.3 Å². The molecule has 31 heavy (non-hydrogen) atoms. The molecule has 2 aromatic rings. The van der Waals surface area contributed by atoms with Crippen LogP contribution in [0.4, 0.5) is 5.69 Å². The summed E-state index contributed by atoms with van der Waals surface area (Å²) in [6.07, 6.45) is 0.0591. The van der Waals surface area contributed by atoms with E-state index in [2.05, 4.69) is 14.6 Å². The zero-order valence-electron chi connectivity index (χ0n) is 17.2. The molecular formula is C22H20N2O7. The second kappa shape index (κ2) is 9.21. The van der Waals surface area contributed by atoms with E-state index in [9.17, 15) is 19.2 Å². The van der Waals surface area contributed by atoms with Crippen LogP contribution in [-0.2, 0) is 19.1 Å². The molecule has 1 atom stereocenters. The van der Waals surface area contributed by atoms with Crippen LogP contribution in [-0.4, -0.2) is 49.7 Å². The standard InChI is InChI=1S/C22H20N2O7/c1-13(25)19-12-18(23-24(19)16-7-5-4-6-8-16)22(28)31-17-10-14(20(26)29-2)9-15(11-17)21(27)30-3/h4-11,19H,12H2,1-3H3. The summed E-state index contributed by atoms with van der Waals surface area (Å²) in [5, 5.41) is 5.75. The van der Waals surface area contributed by atoms with Crippen molar-refractivity contribution >= 4 is 35.1 Å². The summed E-state index contributed by atoms with van der Waals surface area (Å²) in [6.45, 7) is 1.42. The van der Waals surface area contributed by atoms with Gasteiger partial charge in [0.1, 0.15) is 17.5 Å². The van der Waals surface area contributed by atoms with Crippen LogP contribution in [0.5, 0.6) is 5.75 Å².